The van der Waals surface area contributed by atoms with Gasteiger partial charge in [-0.2, -0.15) is 4.98 Å². The molecule has 0 aliphatic carbocycles. The van der Waals surface area contributed by atoms with Crippen LogP contribution >= 0.6 is 11.6 Å². The highest BCUT2D eigenvalue weighted by atomic mass is 35.5. The Kier molecular flexibility index (Phi) is 5.93. The van der Waals surface area contributed by atoms with Gasteiger partial charge < -0.3 is 20.9 Å². The van der Waals surface area contributed by atoms with Crippen molar-refractivity contribution in [1.82, 2.24) is 9.97 Å². The average molecular weight is 429 g/mol. The highest BCUT2D eigenvalue weighted by Gasteiger charge is 2.14. The maximum atomic E-state index is 13.9. The second-order valence-corrected chi connectivity index (χ2v) is 6.31. The molecule has 3 aromatic rings. The normalized spacial score (nSPS) is 10.3. The molecule has 4 N–H and O–H groups in total. The summed E-state index contributed by atoms with van der Waals surface area (Å²) >= 11 is 5.72. The van der Waals surface area contributed by atoms with Crippen molar-refractivity contribution in [3.05, 3.63) is 77.4 Å². The second kappa shape index (κ2) is 8.58. The molecule has 0 bridgehead atoms. The first-order valence-corrected chi connectivity index (χ1v) is 8.69. The van der Waals surface area contributed by atoms with Gasteiger partial charge in [-0.25, -0.2) is 9.37 Å². The number of primary amides is 2. The SMILES string of the molecule is C=C(Oc1cc(C(N)=O)nc(-c2ccc(Oc3ccc(Cl)cc3F)cc2)n1)C(N)=O. The molecular formula is C20H14ClFN4O4. The van der Waals surface area contributed by atoms with E-state index >= 15 is 0 Å². The Balaban J connectivity index is 1.89. The van der Waals surface area contributed by atoms with E-state index in [0.29, 0.717) is 11.3 Å². The van der Waals surface area contributed by atoms with Gasteiger partial charge in [0, 0.05) is 16.7 Å². The number of rotatable bonds is 7. The summed E-state index contributed by atoms with van der Waals surface area (Å²) < 4.78 is 24.5. The Morgan fingerprint density at radius 2 is 1.73 bits per heavy atom. The van der Waals surface area contributed by atoms with Gasteiger partial charge >= 0.3 is 0 Å². The van der Waals surface area contributed by atoms with Crippen molar-refractivity contribution in [2.75, 3.05) is 0 Å². The van der Waals surface area contributed by atoms with E-state index in [2.05, 4.69) is 16.5 Å². The van der Waals surface area contributed by atoms with E-state index in [9.17, 15) is 14.0 Å². The molecule has 0 saturated heterocycles. The lowest BCUT2D eigenvalue weighted by molar-refractivity contribution is -0.116. The van der Waals surface area contributed by atoms with E-state index in [4.69, 9.17) is 32.5 Å². The van der Waals surface area contributed by atoms with Crippen LogP contribution in [-0.2, 0) is 4.79 Å². The molecule has 0 radical (unpaired) electrons. The molecule has 30 heavy (non-hydrogen) atoms. The quantitative estimate of drug-likeness (QED) is 0.439. The van der Waals surface area contributed by atoms with Crippen LogP contribution in [0, 0.1) is 5.82 Å². The summed E-state index contributed by atoms with van der Waals surface area (Å²) in [5.41, 5.74) is 10.7. The standard InChI is InChI=1S/C20H14ClFN4O4/c1-10(18(23)27)29-17-9-15(19(24)28)25-20(26-17)11-2-5-13(6-3-11)30-16-7-4-12(21)8-14(16)22/h2-9H,1H2,(H2,23,27)(H2,24,28). The maximum absolute atomic E-state index is 13.9. The number of halogens is 2. The molecule has 0 atom stereocenters. The van der Waals surface area contributed by atoms with Gasteiger partial charge in [0.2, 0.25) is 5.88 Å². The highest BCUT2D eigenvalue weighted by molar-refractivity contribution is 6.30. The molecule has 0 aliphatic heterocycles. The number of benzene rings is 2. The van der Waals surface area contributed by atoms with Crippen LogP contribution in [0.15, 0.2) is 60.9 Å². The van der Waals surface area contributed by atoms with Gasteiger partial charge in [0.15, 0.2) is 23.2 Å². The molecule has 1 heterocycles. The average Bonchev–Trinajstić information content (AvgIpc) is 2.70. The topological polar surface area (TPSA) is 130 Å². The fraction of sp³-hybridized carbons (Fsp3) is 0. The molecule has 10 heteroatoms. The van der Waals surface area contributed by atoms with E-state index in [0.717, 1.165) is 12.1 Å². The lowest BCUT2D eigenvalue weighted by Crippen LogP contribution is -2.19. The molecule has 0 unspecified atom stereocenters. The maximum Gasteiger partial charge on any atom is 0.283 e. The van der Waals surface area contributed by atoms with E-state index in [1.165, 1.54) is 12.1 Å². The third-order valence-electron chi connectivity index (χ3n) is 3.69. The van der Waals surface area contributed by atoms with Gasteiger partial charge in [-0.3, -0.25) is 9.59 Å². The van der Waals surface area contributed by atoms with Crippen molar-refractivity contribution in [3.63, 3.8) is 0 Å². The van der Waals surface area contributed by atoms with Gasteiger partial charge in [0.05, 0.1) is 0 Å². The summed E-state index contributed by atoms with van der Waals surface area (Å²) in [5, 5.41) is 0.249. The van der Waals surface area contributed by atoms with Crippen LogP contribution < -0.4 is 20.9 Å². The minimum Gasteiger partial charge on any atom is -0.454 e. The number of nitrogens with two attached hydrogens (primary N) is 2. The number of ether oxygens (including phenoxy) is 2. The van der Waals surface area contributed by atoms with Gasteiger partial charge in [0.25, 0.3) is 11.8 Å². The fourth-order valence-corrected chi connectivity index (χ4v) is 2.42. The lowest BCUT2D eigenvalue weighted by Gasteiger charge is -2.10. The predicted molar refractivity (Wildman–Crippen MR) is 106 cm³/mol. The number of hydrogen-bond donors (Lipinski definition) is 2. The molecule has 2 amide bonds. The third kappa shape index (κ3) is 4.89. The van der Waals surface area contributed by atoms with E-state index in [1.54, 1.807) is 24.3 Å². The minimum absolute atomic E-state index is 0.000207. The molecule has 1 aromatic heterocycles. The predicted octanol–water partition coefficient (Wildman–Crippen LogP) is 3.21. The van der Waals surface area contributed by atoms with E-state index < -0.39 is 17.6 Å². The van der Waals surface area contributed by atoms with Gasteiger partial charge in [-0.1, -0.05) is 18.2 Å². The van der Waals surface area contributed by atoms with Crippen LogP contribution in [-0.4, -0.2) is 21.8 Å². The first-order valence-electron chi connectivity index (χ1n) is 8.31. The van der Waals surface area contributed by atoms with Crippen molar-refractivity contribution >= 4 is 23.4 Å². The number of nitrogens with zero attached hydrogens (tertiary/aromatic N) is 2. The lowest BCUT2D eigenvalue weighted by atomic mass is 10.2. The zero-order valence-corrected chi connectivity index (χ0v) is 16.0. The molecule has 2 aromatic carbocycles. The number of carbonyl (C=O) groups is 2. The van der Waals surface area contributed by atoms with Crippen molar-refractivity contribution < 1.29 is 23.5 Å². The number of aromatic nitrogens is 2. The summed E-state index contributed by atoms with van der Waals surface area (Å²) in [6.45, 7) is 3.36. The van der Waals surface area contributed by atoms with E-state index in [-0.39, 0.29) is 33.9 Å². The third-order valence-corrected chi connectivity index (χ3v) is 3.93. The van der Waals surface area contributed by atoms with Gasteiger partial charge in [-0.05, 0) is 42.5 Å². The molecule has 0 saturated carbocycles. The van der Waals surface area contributed by atoms with Gasteiger partial charge in [0.1, 0.15) is 11.4 Å². The van der Waals surface area contributed by atoms with Crippen LogP contribution in [0.2, 0.25) is 5.02 Å². The molecular weight excluding hydrogens is 415 g/mol. The Morgan fingerprint density at radius 1 is 1.03 bits per heavy atom. The number of hydrogen-bond acceptors (Lipinski definition) is 6. The van der Waals surface area contributed by atoms with Crippen LogP contribution in [0.1, 0.15) is 10.5 Å². The summed E-state index contributed by atoms with van der Waals surface area (Å²) in [6, 6.07) is 11.4. The zero-order chi connectivity index (χ0) is 21.8. The molecule has 152 valence electrons. The van der Waals surface area contributed by atoms with Crippen LogP contribution in [0.5, 0.6) is 17.4 Å². The van der Waals surface area contributed by atoms with Crippen LogP contribution in [0.25, 0.3) is 11.4 Å². The largest absolute Gasteiger partial charge is 0.454 e. The monoisotopic (exact) mass is 428 g/mol. The molecule has 0 aliphatic rings. The molecule has 3 rings (SSSR count). The summed E-state index contributed by atoms with van der Waals surface area (Å²) in [7, 11) is 0. The number of amides is 2. The minimum atomic E-state index is -0.897. The smallest absolute Gasteiger partial charge is 0.283 e. The van der Waals surface area contributed by atoms with Crippen LogP contribution in [0.3, 0.4) is 0 Å². The first kappa shape index (κ1) is 20.7. The highest BCUT2D eigenvalue weighted by Crippen LogP contribution is 2.28. The van der Waals surface area contributed by atoms with Crippen molar-refractivity contribution in [1.29, 1.82) is 0 Å². The molecule has 0 spiro atoms. The van der Waals surface area contributed by atoms with Crippen molar-refractivity contribution in [2.45, 2.75) is 0 Å². The number of carbonyl (C=O) groups excluding carboxylic acids is 2. The Morgan fingerprint density at radius 3 is 2.33 bits per heavy atom. The van der Waals surface area contributed by atoms with Crippen molar-refractivity contribution in [3.8, 4) is 28.8 Å². The Hall–Kier alpha value is -3.98. The van der Waals surface area contributed by atoms with E-state index in [1.807, 2.05) is 0 Å². The summed E-state index contributed by atoms with van der Waals surface area (Å²) in [6.07, 6.45) is 0. The molecule has 8 nitrogen and oxygen atoms in total. The zero-order valence-electron chi connectivity index (χ0n) is 15.3. The fourth-order valence-electron chi connectivity index (χ4n) is 2.27. The Bertz CT molecular complexity index is 1150. The first-order chi connectivity index (χ1) is 14.2. The summed E-state index contributed by atoms with van der Waals surface area (Å²) in [4.78, 5) is 30.9. The van der Waals surface area contributed by atoms with Crippen LogP contribution in [0.4, 0.5) is 4.39 Å². The second-order valence-electron chi connectivity index (χ2n) is 5.87. The molecule has 0 fully saturated rings. The van der Waals surface area contributed by atoms with Gasteiger partial charge in [-0.15, -0.1) is 0 Å². The summed E-state index contributed by atoms with van der Waals surface area (Å²) in [5.74, 6) is -2.42. The van der Waals surface area contributed by atoms with Crippen molar-refractivity contribution in [2.24, 2.45) is 11.5 Å². The Labute approximate surface area is 174 Å².